The van der Waals surface area contributed by atoms with Crippen LogP contribution < -0.4 is 0 Å². The molecular formula is C11H18. The van der Waals surface area contributed by atoms with E-state index < -0.39 is 0 Å². The van der Waals surface area contributed by atoms with Gasteiger partial charge in [0.2, 0.25) is 0 Å². The third kappa shape index (κ3) is 2.58. The Morgan fingerprint density at radius 1 is 1.18 bits per heavy atom. The average Bonchev–Trinajstić information content (AvgIpc) is 2.07. The van der Waals surface area contributed by atoms with Gasteiger partial charge < -0.3 is 0 Å². The minimum absolute atomic E-state index is 0.639. The Kier molecular flexibility index (Phi) is 3.49. The lowest BCUT2D eigenvalue weighted by molar-refractivity contribution is 0.306. The Morgan fingerprint density at radius 2 is 1.82 bits per heavy atom. The molecule has 0 bridgehead atoms. The molecule has 0 aliphatic heterocycles. The molecule has 0 radical (unpaired) electrons. The van der Waals surface area contributed by atoms with Crippen LogP contribution >= 0.6 is 0 Å². The highest BCUT2D eigenvalue weighted by molar-refractivity contribution is 5.01. The van der Waals surface area contributed by atoms with Crippen LogP contribution in [0, 0.1) is 23.7 Å². The maximum absolute atomic E-state index is 3.27. The summed E-state index contributed by atoms with van der Waals surface area (Å²) in [6, 6.07) is 0. The van der Waals surface area contributed by atoms with Gasteiger partial charge in [-0.25, -0.2) is 0 Å². The molecule has 1 unspecified atom stereocenters. The van der Waals surface area contributed by atoms with Crippen LogP contribution in [0.15, 0.2) is 0 Å². The molecule has 0 nitrogen and oxygen atoms in total. The van der Waals surface area contributed by atoms with Crippen molar-refractivity contribution in [3.63, 3.8) is 0 Å². The van der Waals surface area contributed by atoms with E-state index in [0.717, 1.165) is 5.92 Å². The summed E-state index contributed by atoms with van der Waals surface area (Å²) < 4.78 is 0. The van der Waals surface area contributed by atoms with Crippen LogP contribution in [0.3, 0.4) is 0 Å². The first-order valence-corrected chi connectivity index (χ1v) is 4.77. The van der Waals surface area contributed by atoms with E-state index in [1.54, 1.807) is 0 Å². The molecule has 0 aromatic rings. The number of rotatable bonds is 1. The lowest BCUT2D eigenvalue weighted by atomic mass is 9.81. The second-order valence-corrected chi connectivity index (χ2v) is 3.58. The van der Waals surface area contributed by atoms with Crippen LogP contribution in [0.2, 0.25) is 0 Å². The minimum Gasteiger partial charge on any atom is -0.106 e. The standard InChI is InChI=1S/C11H18/c1-3-7-10(2)11-8-5-4-6-9-11/h10-11H,4-6,8-9H2,1-2H3. The van der Waals surface area contributed by atoms with Gasteiger partial charge in [-0.3, -0.25) is 0 Å². The predicted octanol–water partition coefficient (Wildman–Crippen LogP) is 3.23. The van der Waals surface area contributed by atoms with Crippen LogP contribution in [0.1, 0.15) is 46.0 Å². The van der Waals surface area contributed by atoms with Gasteiger partial charge >= 0.3 is 0 Å². The monoisotopic (exact) mass is 150 g/mol. The Labute approximate surface area is 70.4 Å². The molecule has 0 spiro atoms. The maximum atomic E-state index is 3.27. The second kappa shape index (κ2) is 4.44. The molecule has 1 rings (SSSR count). The summed E-state index contributed by atoms with van der Waals surface area (Å²) in [7, 11) is 0. The first-order chi connectivity index (χ1) is 5.34. The van der Waals surface area contributed by atoms with Gasteiger partial charge in [0.25, 0.3) is 0 Å². The fourth-order valence-corrected chi connectivity index (χ4v) is 1.98. The molecule has 0 aromatic heterocycles. The number of hydrogen-bond donors (Lipinski definition) is 0. The molecule has 1 saturated carbocycles. The number of hydrogen-bond acceptors (Lipinski definition) is 0. The summed E-state index contributed by atoms with van der Waals surface area (Å²) >= 11 is 0. The van der Waals surface area contributed by atoms with Crippen molar-refractivity contribution in [3.05, 3.63) is 0 Å². The summed E-state index contributed by atoms with van der Waals surface area (Å²) in [5, 5.41) is 0. The van der Waals surface area contributed by atoms with Gasteiger partial charge in [-0.15, -0.1) is 11.8 Å². The highest BCUT2D eigenvalue weighted by atomic mass is 14.2. The van der Waals surface area contributed by atoms with Gasteiger partial charge in [-0.05, 0) is 25.7 Å². The molecule has 11 heavy (non-hydrogen) atoms. The van der Waals surface area contributed by atoms with E-state index in [4.69, 9.17) is 0 Å². The van der Waals surface area contributed by atoms with Crippen LogP contribution in [0.4, 0.5) is 0 Å². The zero-order chi connectivity index (χ0) is 8.10. The first kappa shape index (κ1) is 8.65. The van der Waals surface area contributed by atoms with Crippen molar-refractivity contribution >= 4 is 0 Å². The van der Waals surface area contributed by atoms with E-state index in [9.17, 15) is 0 Å². The molecule has 0 heterocycles. The fraction of sp³-hybridized carbons (Fsp3) is 0.818. The van der Waals surface area contributed by atoms with Crippen LogP contribution in [0.5, 0.6) is 0 Å². The zero-order valence-corrected chi connectivity index (χ0v) is 7.69. The van der Waals surface area contributed by atoms with E-state index in [2.05, 4.69) is 18.8 Å². The Balaban J connectivity index is 2.36. The zero-order valence-electron chi connectivity index (χ0n) is 7.69. The van der Waals surface area contributed by atoms with Gasteiger partial charge in [0.15, 0.2) is 0 Å². The summed E-state index contributed by atoms with van der Waals surface area (Å²) in [6.45, 7) is 4.21. The van der Waals surface area contributed by atoms with Gasteiger partial charge in [-0.2, -0.15) is 0 Å². The van der Waals surface area contributed by atoms with Crippen molar-refractivity contribution in [1.82, 2.24) is 0 Å². The largest absolute Gasteiger partial charge is 0.106 e. The van der Waals surface area contributed by atoms with Crippen LogP contribution in [-0.4, -0.2) is 0 Å². The third-order valence-electron chi connectivity index (χ3n) is 2.73. The van der Waals surface area contributed by atoms with Crippen LogP contribution in [-0.2, 0) is 0 Å². The van der Waals surface area contributed by atoms with Gasteiger partial charge in [-0.1, -0.05) is 26.2 Å². The van der Waals surface area contributed by atoms with Crippen molar-refractivity contribution < 1.29 is 0 Å². The van der Waals surface area contributed by atoms with E-state index >= 15 is 0 Å². The van der Waals surface area contributed by atoms with Crippen molar-refractivity contribution in [2.45, 2.75) is 46.0 Å². The topological polar surface area (TPSA) is 0 Å². The molecular weight excluding hydrogens is 132 g/mol. The normalized spacial score (nSPS) is 22.0. The van der Waals surface area contributed by atoms with Crippen molar-refractivity contribution in [1.29, 1.82) is 0 Å². The van der Waals surface area contributed by atoms with Gasteiger partial charge in [0.1, 0.15) is 0 Å². The second-order valence-electron chi connectivity index (χ2n) is 3.58. The highest BCUT2D eigenvalue weighted by Crippen LogP contribution is 2.29. The summed E-state index contributed by atoms with van der Waals surface area (Å²) in [5.41, 5.74) is 0. The summed E-state index contributed by atoms with van der Waals surface area (Å²) in [5.74, 6) is 7.82. The van der Waals surface area contributed by atoms with E-state index in [0.29, 0.717) is 5.92 Å². The molecule has 1 aliphatic carbocycles. The van der Waals surface area contributed by atoms with Crippen molar-refractivity contribution in [2.24, 2.45) is 11.8 Å². The van der Waals surface area contributed by atoms with Gasteiger partial charge in [0.05, 0.1) is 0 Å². The van der Waals surface area contributed by atoms with Crippen LogP contribution in [0.25, 0.3) is 0 Å². The quantitative estimate of drug-likeness (QED) is 0.503. The average molecular weight is 150 g/mol. The van der Waals surface area contributed by atoms with E-state index in [-0.39, 0.29) is 0 Å². The predicted molar refractivity (Wildman–Crippen MR) is 49.2 cm³/mol. The molecule has 0 N–H and O–H groups in total. The minimum atomic E-state index is 0.639. The summed E-state index contributed by atoms with van der Waals surface area (Å²) in [6.07, 6.45) is 7.13. The SMILES string of the molecule is CC#CC(C)C1CCCCC1. The molecule has 62 valence electrons. The third-order valence-corrected chi connectivity index (χ3v) is 2.73. The molecule has 1 fully saturated rings. The first-order valence-electron chi connectivity index (χ1n) is 4.77. The maximum Gasteiger partial charge on any atom is 0.0202 e. The molecule has 0 heteroatoms. The van der Waals surface area contributed by atoms with E-state index in [1.807, 2.05) is 6.92 Å². The lowest BCUT2D eigenvalue weighted by Gasteiger charge is -2.24. The molecule has 1 atom stereocenters. The van der Waals surface area contributed by atoms with E-state index in [1.165, 1.54) is 32.1 Å². The van der Waals surface area contributed by atoms with Crippen molar-refractivity contribution in [2.75, 3.05) is 0 Å². The Bertz CT molecular complexity index is 153. The smallest absolute Gasteiger partial charge is 0.0202 e. The fourth-order valence-electron chi connectivity index (χ4n) is 1.98. The highest BCUT2D eigenvalue weighted by Gasteiger charge is 2.17. The Hall–Kier alpha value is -0.440. The molecule has 0 saturated heterocycles. The lowest BCUT2D eigenvalue weighted by Crippen LogP contribution is -2.13. The molecule has 0 aromatic carbocycles. The summed E-state index contributed by atoms with van der Waals surface area (Å²) in [4.78, 5) is 0. The molecule has 0 amide bonds. The Morgan fingerprint density at radius 3 is 2.36 bits per heavy atom. The van der Waals surface area contributed by atoms with Crippen molar-refractivity contribution in [3.8, 4) is 11.8 Å². The molecule has 1 aliphatic rings. The van der Waals surface area contributed by atoms with Gasteiger partial charge in [0, 0.05) is 5.92 Å².